The molecule has 104 valence electrons. The topological polar surface area (TPSA) is 33.5 Å². The lowest BCUT2D eigenvalue weighted by atomic mass is 10.1. The summed E-state index contributed by atoms with van der Waals surface area (Å²) in [6, 6.07) is 8.55. The van der Waals surface area contributed by atoms with Gasteiger partial charge in [-0.1, -0.05) is 37.1 Å². The first kappa shape index (κ1) is 14.1. The van der Waals surface area contributed by atoms with Gasteiger partial charge in [-0.25, -0.2) is 0 Å². The van der Waals surface area contributed by atoms with Gasteiger partial charge in [0.05, 0.1) is 14.1 Å². The average molecular weight is 261 g/mol. The summed E-state index contributed by atoms with van der Waals surface area (Å²) in [6.07, 6.45) is 4.55. The lowest BCUT2D eigenvalue weighted by Crippen LogP contribution is -3.04. The lowest BCUT2D eigenvalue weighted by Gasteiger charge is -2.11. The highest BCUT2D eigenvalue weighted by atomic mass is 16.1. The SMILES string of the molecule is C[NH+](C)Cc1ccc(CNC(=O)C2CCCC2)cc1. The predicted octanol–water partition coefficient (Wildman–Crippen LogP) is 1.14. The maximum Gasteiger partial charge on any atom is 0.223 e. The van der Waals surface area contributed by atoms with Crippen LogP contribution in [0.3, 0.4) is 0 Å². The molecule has 1 amide bonds. The Morgan fingerprint density at radius 3 is 2.32 bits per heavy atom. The predicted molar refractivity (Wildman–Crippen MR) is 76.8 cm³/mol. The van der Waals surface area contributed by atoms with Crippen molar-refractivity contribution in [3.8, 4) is 0 Å². The van der Waals surface area contributed by atoms with Crippen molar-refractivity contribution in [1.29, 1.82) is 0 Å². The molecule has 1 aromatic rings. The third kappa shape index (κ3) is 4.35. The van der Waals surface area contributed by atoms with Crippen LogP contribution in [0.4, 0.5) is 0 Å². The molecular weight excluding hydrogens is 236 g/mol. The van der Waals surface area contributed by atoms with Crippen molar-refractivity contribution in [3.63, 3.8) is 0 Å². The quantitative estimate of drug-likeness (QED) is 0.819. The summed E-state index contributed by atoms with van der Waals surface area (Å²) in [5.74, 6) is 0.496. The van der Waals surface area contributed by atoms with E-state index in [0.717, 1.165) is 19.4 Å². The molecule has 3 heteroatoms. The van der Waals surface area contributed by atoms with Crippen molar-refractivity contribution >= 4 is 5.91 Å². The van der Waals surface area contributed by atoms with Gasteiger partial charge in [-0.3, -0.25) is 4.79 Å². The fourth-order valence-electron chi connectivity index (χ4n) is 2.70. The molecule has 1 aliphatic carbocycles. The van der Waals surface area contributed by atoms with E-state index < -0.39 is 0 Å². The van der Waals surface area contributed by atoms with Crippen LogP contribution >= 0.6 is 0 Å². The minimum Gasteiger partial charge on any atom is -0.352 e. The van der Waals surface area contributed by atoms with Gasteiger partial charge in [0, 0.05) is 18.0 Å². The highest BCUT2D eigenvalue weighted by Crippen LogP contribution is 2.24. The van der Waals surface area contributed by atoms with E-state index in [4.69, 9.17) is 0 Å². The van der Waals surface area contributed by atoms with Crippen molar-refractivity contribution in [1.82, 2.24) is 5.32 Å². The zero-order chi connectivity index (χ0) is 13.7. The van der Waals surface area contributed by atoms with Gasteiger partial charge in [-0.15, -0.1) is 0 Å². The highest BCUT2D eigenvalue weighted by Gasteiger charge is 2.21. The van der Waals surface area contributed by atoms with Gasteiger partial charge in [-0.05, 0) is 18.4 Å². The first-order valence-corrected chi connectivity index (χ1v) is 7.29. The molecule has 0 aliphatic heterocycles. The fourth-order valence-corrected chi connectivity index (χ4v) is 2.70. The second-order valence-corrected chi connectivity index (χ2v) is 5.90. The lowest BCUT2D eigenvalue weighted by molar-refractivity contribution is -0.872. The van der Waals surface area contributed by atoms with E-state index in [-0.39, 0.29) is 11.8 Å². The number of benzene rings is 1. The minimum atomic E-state index is 0.235. The zero-order valence-corrected chi connectivity index (χ0v) is 12.0. The van der Waals surface area contributed by atoms with Crippen molar-refractivity contribution in [3.05, 3.63) is 35.4 Å². The molecule has 2 rings (SSSR count). The number of rotatable bonds is 5. The average Bonchev–Trinajstić information content (AvgIpc) is 2.91. The number of nitrogens with one attached hydrogen (secondary N) is 2. The molecule has 1 saturated carbocycles. The number of quaternary nitrogens is 1. The second kappa shape index (κ2) is 6.71. The Balaban J connectivity index is 1.80. The molecule has 0 bridgehead atoms. The smallest absolute Gasteiger partial charge is 0.223 e. The van der Waals surface area contributed by atoms with Gasteiger partial charge >= 0.3 is 0 Å². The van der Waals surface area contributed by atoms with Gasteiger partial charge in [0.25, 0.3) is 0 Å². The monoisotopic (exact) mass is 261 g/mol. The molecule has 0 spiro atoms. The molecule has 19 heavy (non-hydrogen) atoms. The maximum atomic E-state index is 11.9. The molecule has 0 radical (unpaired) electrons. The molecule has 0 unspecified atom stereocenters. The molecule has 1 aliphatic rings. The van der Waals surface area contributed by atoms with Crippen LogP contribution in [0, 0.1) is 5.92 Å². The summed E-state index contributed by atoms with van der Waals surface area (Å²) in [5, 5.41) is 3.06. The van der Waals surface area contributed by atoms with Gasteiger partial charge < -0.3 is 10.2 Å². The fraction of sp³-hybridized carbons (Fsp3) is 0.562. The summed E-state index contributed by atoms with van der Waals surface area (Å²) in [5.41, 5.74) is 2.52. The van der Waals surface area contributed by atoms with E-state index in [2.05, 4.69) is 43.7 Å². The van der Waals surface area contributed by atoms with Crippen molar-refractivity contribution < 1.29 is 9.69 Å². The normalized spacial score (nSPS) is 15.9. The van der Waals surface area contributed by atoms with Crippen molar-refractivity contribution in [2.45, 2.75) is 38.8 Å². The first-order valence-electron chi connectivity index (χ1n) is 7.29. The van der Waals surface area contributed by atoms with Gasteiger partial charge in [0.1, 0.15) is 6.54 Å². The van der Waals surface area contributed by atoms with Gasteiger partial charge in [0.2, 0.25) is 5.91 Å². The molecule has 1 aromatic carbocycles. The van der Waals surface area contributed by atoms with E-state index in [1.807, 2.05) is 0 Å². The van der Waals surface area contributed by atoms with E-state index in [0.29, 0.717) is 6.54 Å². The summed E-state index contributed by atoms with van der Waals surface area (Å²) in [4.78, 5) is 13.3. The summed E-state index contributed by atoms with van der Waals surface area (Å²) in [6.45, 7) is 1.69. The molecule has 0 aromatic heterocycles. The summed E-state index contributed by atoms with van der Waals surface area (Å²) >= 11 is 0. The van der Waals surface area contributed by atoms with Crippen LogP contribution in [0.1, 0.15) is 36.8 Å². The van der Waals surface area contributed by atoms with Crippen LogP contribution < -0.4 is 10.2 Å². The number of carbonyl (C=O) groups is 1. The Labute approximate surface area is 116 Å². The van der Waals surface area contributed by atoms with E-state index in [1.54, 1.807) is 0 Å². The van der Waals surface area contributed by atoms with Crippen LogP contribution in [-0.2, 0) is 17.9 Å². The standard InChI is InChI=1S/C16H24N2O/c1-18(2)12-14-9-7-13(8-10-14)11-17-16(19)15-5-3-4-6-15/h7-10,15H,3-6,11-12H2,1-2H3,(H,17,19)/p+1. The van der Waals surface area contributed by atoms with Crippen LogP contribution in [0.2, 0.25) is 0 Å². The largest absolute Gasteiger partial charge is 0.352 e. The Morgan fingerprint density at radius 2 is 1.74 bits per heavy atom. The Kier molecular flexibility index (Phi) is 4.97. The molecule has 0 heterocycles. The zero-order valence-electron chi connectivity index (χ0n) is 12.0. The number of carbonyl (C=O) groups excluding carboxylic acids is 1. The van der Waals surface area contributed by atoms with E-state index in [1.165, 1.54) is 28.9 Å². The van der Waals surface area contributed by atoms with E-state index >= 15 is 0 Å². The number of hydrogen-bond acceptors (Lipinski definition) is 1. The van der Waals surface area contributed by atoms with Crippen molar-refractivity contribution in [2.75, 3.05) is 14.1 Å². The minimum absolute atomic E-state index is 0.235. The van der Waals surface area contributed by atoms with Crippen LogP contribution in [0.25, 0.3) is 0 Å². The summed E-state index contributed by atoms with van der Waals surface area (Å²) < 4.78 is 0. The third-order valence-electron chi connectivity index (χ3n) is 3.77. The third-order valence-corrected chi connectivity index (χ3v) is 3.77. The molecule has 3 nitrogen and oxygen atoms in total. The summed E-state index contributed by atoms with van der Waals surface area (Å²) in [7, 11) is 4.30. The Bertz CT molecular complexity index is 405. The van der Waals surface area contributed by atoms with Crippen LogP contribution in [-0.4, -0.2) is 20.0 Å². The molecule has 0 atom stereocenters. The van der Waals surface area contributed by atoms with Crippen LogP contribution in [0.5, 0.6) is 0 Å². The van der Waals surface area contributed by atoms with E-state index in [9.17, 15) is 4.79 Å². The molecular formula is C16H25N2O+. The molecule has 1 fully saturated rings. The maximum absolute atomic E-state index is 11.9. The number of hydrogen-bond donors (Lipinski definition) is 2. The second-order valence-electron chi connectivity index (χ2n) is 5.90. The first-order chi connectivity index (χ1) is 9.15. The van der Waals surface area contributed by atoms with Crippen molar-refractivity contribution in [2.24, 2.45) is 5.92 Å². The Hall–Kier alpha value is -1.35. The Morgan fingerprint density at radius 1 is 1.16 bits per heavy atom. The van der Waals surface area contributed by atoms with Crippen LogP contribution in [0.15, 0.2) is 24.3 Å². The molecule has 2 N–H and O–H groups in total. The molecule has 0 saturated heterocycles. The number of amides is 1. The van der Waals surface area contributed by atoms with Gasteiger partial charge in [-0.2, -0.15) is 0 Å². The highest BCUT2D eigenvalue weighted by molar-refractivity contribution is 5.78. The van der Waals surface area contributed by atoms with Gasteiger partial charge in [0.15, 0.2) is 0 Å².